The molecule has 1 saturated heterocycles. The lowest BCUT2D eigenvalue weighted by molar-refractivity contribution is -0.135. The molecule has 2 fully saturated rings. The van der Waals surface area contributed by atoms with Crippen molar-refractivity contribution < 1.29 is 4.79 Å². The van der Waals surface area contributed by atoms with Gasteiger partial charge in [-0.05, 0) is 36.5 Å². The second-order valence-corrected chi connectivity index (χ2v) is 7.40. The normalized spacial score (nSPS) is 27.6. The number of hydrogen-bond donors (Lipinski definition) is 1. The van der Waals surface area contributed by atoms with Crippen molar-refractivity contribution in [3.8, 4) is 0 Å². The van der Waals surface area contributed by atoms with E-state index in [1.54, 1.807) is 0 Å². The summed E-state index contributed by atoms with van der Waals surface area (Å²) in [5.74, 6) is 1.17. The van der Waals surface area contributed by atoms with Crippen molar-refractivity contribution in [2.45, 2.75) is 53.5 Å². The van der Waals surface area contributed by atoms with Crippen LogP contribution in [0.15, 0.2) is 0 Å². The highest BCUT2D eigenvalue weighted by Crippen LogP contribution is 2.68. The molecule has 0 aromatic carbocycles. The Balaban J connectivity index is 0.00000180. The van der Waals surface area contributed by atoms with Crippen LogP contribution < -0.4 is 5.73 Å². The fourth-order valence-corrected chi connectivity index (χ4v) is 3.64. The third-order valence-corrected chi connectivity index (χ3v) is 5.86. The molecule has 2 N–H and O–H groups in total. The van der Waals surface area contributed by atoms with Crippen LogP contribution in [0.5, 0.6) is 0 Å². The monoisotopic (exact) mass is 288 g/mol. The summed E-state index contributed by atoms with van der Waals surface area (Å²) >= 11 is 0. The van der Waals surface area contributed by atoms with Crippen molar-refractivity contribution >= 4 is 18.3 Å². The second kappa shape index (κ2) is 5.25. The number of carbonyl (C=O) groups is 1. The van der Waals surface area contributed by atoms with Gasteiger partial charge in [0.05, 0.1) is 0 Å². The third-order valence-electron chi connectivity index (χ3n) is 5.86. The van der Waals surface area contributed by atoms with Gasteiger partial charge >= 0.3 is 0 Å². The first-order valence-electron chi connectivity index (χ1n) is 7.24. The Morgan fingerprint density at radius 3 is 1.89 bits per heavy atom. The molecular weight excluding hydrogens is 260 g/mol. The molecule has 0 spiro atoms. The van der Waals surface area contributed by atoms with Gasteiger partial charge in [0.15, 0.2) is 0 Å². The zero-order chi connectivity index (χ0) is 13.7. The van der Waals surface area contributed by atoms with Crippen LogP contribution in [0, 0.1) is 22.7 Å². The summed E-state index contributed by atoms with van der Waals surface area (Å²) in [5, 5.41) is 0. The maximum atomic E-state index is 12.6. The number of amides is 1. The highest BCUT2D eigenvalue weighted by Gasteiger charge is 2.68. The van der Waals surface area contributed by atoms with E-state index in [-0.39, 0.29) is 35.2 Å². The zero-order valence-electron chi connectivity index (χ0n) is 12.9. The van der Waals surface area contributed by atoms with Gasteiger partial charge in [0.25, 0.3) is 0 Å². The van der Waals surface area contributed by atoms with Crippen LogP contribution in [0.3, 0.4) is 0 Å². The van der Waals surface area contributed by atoms with Crippen LogP contribution in [0.2, 0.25) is 0 Å². The molecule has 1 amide bonds. The third kappa shape index (κ3) is 2.64. The van der Waals surface area contributed by atoms with Gasteiger partial charge in [-0.1, -0.05) is 27.7 Å². The Bertz CT molecular complexity index is 330. The minimum Gasteiger partial charge on any atom is -0.342 e. The minimum atomic E-state index is 0. The molecule has 1 saturated carbocycles. The number of likely N-dealkylation sites (tertiary alicyclic amines) is 1. The molecule has 4 heteroatoms. The minimum absolute atomic E-state index is 0. The maximum absolute atomic E-state index is 12.6. The van der Waals surface area contributed by atoms with Crippen molar-refractivity contribution in [1.82, 2.24) is 4.90 Å². The molecule has 0 aromatic rings. The Morgan fingerprint density at radius 2 is 1.58 bits per heavy atom. The average Bonchev–Trinajstić information content (AvgIpc) is 2.69. The van der Waals surface area contributed by atoms with Gasteiger partial charge < -0.3 is 10.6 Å². The summed E-state index contributed by atoms with van der Waals surface area (Å²) in [5.41, 5.74) is 6.25. The Kier molecular flexibility index (Phi) is 4.63. The van der Waals surface area contributed by atoms with Crippen molar-refractivity contribution in [3.05, 3.63) is 0 Å². The first-order chi connectivity index (χ1) is 8.19. The largest absolute Gasteiger partial charge is 0.342 e. The zero-order valence-corrected chi connectivity index (χ0v) is 13.7. The summed E-state index contributed by atoms with van der Waals surface area (Å²) in [6.07, 6.45) is 2.13. The average molecular weight is 289 g/mol. The van der Waals surface area contributed by atoms with E-state index in [2.05, 4.69) is 39.5 Å². The number of halogens is 1. The summed E-state index contributed by atoms with van der Waals surface area (Å²) in [6.45, 7) is 12.7. The highest BCUT2D eigenvalue weighted by molar-refractivity contribution is 5.85. The van der Waals surface area contributed by atoms with E-state index in [0.717, 1.165) is 25.9 Å². The van der Waals surface area contributed by atoms with Gasteiger partial charge in [0.1, 0.15) is 0 Å². The summed E-state index contributed by atoms with van der Waals surface area (Å²) in [4.78, 5) is 14.6. The lowest BCUT2D eigenvalue weighted by atomic mass is 9.90. The molecule has 3 nitrogen and oxygen atoms in total. The fourth-order valence-electron chi connectivity index (χ4n) is 3.64. The van der Waals surface area contributed by atoms with E-state index < -0.39 is 0 Å². The molecule has 1 heterocycles. The van der Waals surface area contributed by atoms with Crippen molar-refractivity contribution in [2.24, 2.45) is 28.4 Å². The van der Waals surface area contributed by atoms with E-state index >= 15 is 0 Å². The number of rotatable bonds is 2. The lowest BCUT2D eigenvalue weighted by Gasteiger charge is -2.34. The quantitative estimate of drug-likeness (QED) is 0.849. The Morgan fingerprint density at radius 1 is 1.16 bits per heavy atom. The maximum Gasteiger partial charge on any atom is 0.226 e. The standard InChI is InChI=1S/C15H28N2O.ClH/c1-10(16)11-6-8-17(9-7-11)13(18)12-14(2,3)15(12,4)5;/h10-12H,6-9,16H2,1-5H3;1H. The van der Waals surface area contributed by atoms with E-state index in [4.69, 9.17) is 5.73 Å². The molecule has 112 valence electrons. The molecule has 1 atom stereocenters. The number of nitrogens with two attached hydrogens (primary N) is 1. The van der Waals surface area contributed by atoms with E-state index in [0.29, 0.717) is 11.8 Å². The van der Waals surface area contributed by atoms with E-state index in [9.17, 15) is 4.79 Å². The molecule has 1 unspecified atom stereocenters. The SMILES string of the molecule is CC(N)C1CCN(C(=O)C2C(C)(C)C2(C)C)CC1.Cl. The predicted molar refractivity (Wildman–Crippen MR) is 81.3 cm³/mol. The Hall–Kier alpha value is -0.280. The van der Waals surface area contributed by atoms with Crippen LogP contribution in [-0.4, -0.2) is 29.9 Å². The van der Waals surface area contributed by atoms with Crippen LogP contribution in [0.25, 0.3) is 0 Å². The molecule has 1 aliphatic carbocycles. The van der Waals surface area contributed by atoms with Crippen LogP contribution in [0.4, 0.5) is 0 Å². The molecule has 0 radical (unpaired) electrons. The van der Waals surface area contributed by atoms with Gasteiger partial charge in [-0.2, -0.15) is 0 Å². The molecule has 2 rings (SSSR count). The smallest absolute Gasteiger partial charge is 0.226 e. The summed E-state index contributed by atoms with van der Waals surface area (Å²) in [7, 11) is 0. The molecule has 0 aromatic heterocycles. The second-order valence-electron chi connectivity index (χ2n) is 7.40. The van der Waals surface area contributed by atoms with Crippen LogP contribution in [-0.2, 0) is 4.79 Å². The van der Waals surface area contributed by atoms with Gasteiger partial charge in [-0.3, -0.25) is 4.79 Å². The van der Waals surface area contributed by atoms with Gasteiger partial charge in [-0.15, -0.1) is 12.4 Å². The summed E-state index contributed by atoms with van der Waals surface area (Å²) in [6, 6.07) is 0.260. The van der Waals surface area contributed by atoms with Crippen LogP contribution in [0.1, 0.15) is 47.5 Å². The van der Waals surface area contributed by atoms with Gasteiger partial charge in [0.2, 0.25) is 5.91 Å². The lowest BCUT2D eigenvalue weighted by Crippen LogP contribution is -2.43. The van der Waals surface area contributed by atoms with E-state index in [1.807, 2.05) is 0 Å². The number of nitrogens with zero attached hydrogens (tertiary/aromatic N) is 1. The summed E-state index contributed by atoms with van der Waals surface area (Å²) < 4.78 is 0. The fraction of sp³-hybridized carbons (Fsp3) is 0.933. The van der Waals surface area contributed by atoms with Crippen molar-refractivity contribution in [1.29, 1.82) is 0 Å². The van der Waals surface area contributed by atoms with Gasteiger partial charge in [0, 0.05) is 25.0 Å². The highest BCUT2D eigenvalue weighted by atomic mass is 35.5. The Labute approximate surface area is 123 Å². The molecule has 19 heavy (non-hydrogen) atoms. The molecular formula is C15H29ClN2O. The van der Waals surface area contributed by atoms with E-state index in [1.165, 1.54) is 0 Å². The first-order valence-corrected chi connectivity index (χ1v) is 7.24. The molecule has 0 bridgehead atoms. The van der Waals surface area contributed by atoms with Crippen LogP contribution >= 0.6 is 12.4 Å². The number of piperidine rings is 1. The number of hydrogen-bond acceptors (Lipinski definition) is 2. The molecule has 2 aliphatic rings. The van der Waals surface area contributed by atoms with Gasteiger partial charge in [-0.25, -0.2) is 0 Å². The first kappa shape index (κ1) is 16.8. The number of carbonyl (C=O) groups excluding carboxylic acids is 1. The predicted octanol–water partition coefficient (Wildman–Crippen LogP) is 2.68. The van der Waals surface area contributed by atoms with Crippen molar-refractivity contribution in [3.63, 3.8) is 0 Å². The molecule has 1 aliphatic heterocycles. The van der Waals surface area contributed by atoms with Crippen molar-refractivity contribution in [2.75, 3.05) is 13.1 Å². The topological polar surface area (TPSA) is 46.3 Å².